The van der Waals surface area contributed by atoms with Crippen LogP contribution in [0.2, 0.25) is 0 Å². The first-order valence-corrected chi connectivity index (χ1v) is 4.11. The highest BCUT2D eigenvalue weighted by atomic mass is 32.1. The molecule has 0 aromatic carbocycles. The molecule has 0 aliphatic carbocycles. The third kappa shape index (κ3) is 1.28. The summed E-state index contributed by atoms with van der Waals surface area (Å²) < 4.78 is 4.20. The molecule has 0 aliphatic rings. The van der Waals surface area contributed by atoms with Gasteiger partial charge in [0.1, 0.15) is 0 Å². The van der Waals surface area contributed by atoms with E-state index >= 15 is 0 Å². The molecule has 2 aromatic rings. The maximum Gasteiger partial charge on any atom is 0.0841 e. The smallest absolute Gasteiger partial charge is 0.0841 e. The molecule has 0 N–H and O–H groups in total. The molecule has 2 rings (SSSR count). The van der Waals surface area contributed by atoms with Gasteiger partial charge in [-0.1, -0.05) is 0 Å². The molecule has 0 saturated carbocycles. The summed E-state index contributed by atoms with van der Waals surface area (Å²) in [5.41, 5.74) is 2.15. The molecule has 0 atom stereocenters. The Bertz CT molecular complexity index is 315. The van der Waals surface area contributed by atoms with E-state index in [0.29, 0.717) is 0 Å². The molecule has 2 nitrogen and oxygen atoms in total. The Morgan fingerprint density at radius 2 is 1.91 bits per heavy atom. The van der Waals surface area contributed by atoms with Crippen molar-refractivity contribution in [2.75, 3.05) is 0 Å². The number of hydrogen-bond acceptors (Lipinski definition) is 3. The summed E-state index contributed by atoms with van der Waals surface area (Å²) in [7, 11) is 0. The zero-order valence-electron chi connectivity index (χ0n) is 5.77. The molecule has 0 bridgehead atoms. The Morgan fingerprint density at radius 3 is 2.55 bits per heavy atom. The van der Waals surface area contributed by atoms with Crippen LogP contribution < -0.4 is 0 Å². The Morgan fingerprint density at radius 1 is 1.09 bits per heavy atom. The van der Waals surface area contributed by atoms with Gasteiger partial charge in [-0.25, -0.2) is 0 Å². The summed E-state index contributed by atoms with van der Waals surface area (Å²) in [6.45, 7) is 0. The largest absolute Gasteiger partial charge is 0.265 e. The lowest BCUT2D eigenvalue weighted by Gasteiger charge is -1.91. The van der Waals surface area contributed by atoms with E-state index in [2.05, 4.69) is 9.36 Å². The summed E-state index contributed by atoms with van der Waals surface area (Å²) in [5.74, 6) is 0. The van der Waals surface area contributed by atoms with Crippen molar-refractivity contribution in [2.45, 2.75) is 0 Å². The molecule has 0 saturated heterocycles. The van der Waals surface area contributed by atoms with Crippen LogP contribution in [0.4, 0.5) is 0 Å². The van der Waals surface area contributed by atoms with E-state index in [9.17, 15) is 0 Å². The van der Waals surface area contributed by atoms with Crippen molar-refractivity contribution in [3.8, 4) is 11.3 Å². The van der Waals surface area contributed by atoms with Crippen LogP contribution in [0.5, 0.6) is 0 Å². The highest BCUT2D eigenvalue weighted by Gasteiger charge is 1.95. The molecule has 0 radical (unpaired) electrons. The fourth-order valence-corrected chi connectivity index (χ4v) is 1.41. The fourth-order valence-electron chi connectivity index (χ4n) is 0.884. The zero-order valence-corrected chi connectivity index (χ0v) is 6.58. The van der Waals surface area contributed by atoms with Crippen LogP contribution in [0.3, 0.4) is 0 Å². The van der Waals surface area contributed by atoms with Gasteiger partial charge in [0.05, 0.1) is 5.69 Å². The van der Waals surface area contributed by atoms with E-state index in [1.807, 2.05) is 23.6 Å². The molecule has 2 aromatic heterocycles. The molecule has 3 heteroatoms. The molecule has 54 valence electrons. The lowest BCUT2D eigenvalue weighted by molar-refractivity contribution is 1.32. The van der Waals surface area contributed by atoms with Crippen LogP contribution in [-0.2, 0) is 0 Å². The Balaban J connectivity index is 2.46. The third-order valence-corrected chi connectivity index (χ3v) is 1.97. The summed E-state index contributed by atoms with van der Waals surface area (Å²) in [6, 6.07) is 5.91. The summed E-state index contributed by atoms with van der Waals surface area (Å²) in [6.07, 6.45) is 3.54. The monoisotopic (exact) mass is 162 g/mol. The number of pyridine rings is 1. The van der Waals surface area contributed by atoms with Gasteiger partial charge in [-0.05, 0) is 29.7 Å². The second-order valence-corrected chi connectivity index (χ2v) is 2.79. The van der Waals surface area contributed by atoms with Gasteiger partial charge in [-0.3, -0.25) is 4.98 Å². The maximum absolute atomic E-state index is 4.20. The lowest BCUT2D eigenvalue weighted by atomic mass is 10.2. The van der Waals surface area contributed by atoms with Crippen molar-refractivity contribution in [3.05, 3.63) is 36.0 Å². The van der Waals surface area contributed by atoms with Crippen LogP contribution >= 0.6 is 11.5 Å². The minimum atomic E-state index is 1.03. The molecule has 0 aliphatic heterocycles. The third-order valence-electron chi connectivity index (χ3n) is 1.41. The maximum atomic E-state index is 4.20. The average Bonchev–Trinajstić information content (AvgIpc) is 2.58. The Kier molecular flexibility index (Phi) is 1.65. The molecule has 11 heavy (non-hydrogen) atoms. The first kappa shape index (κ1) is 6.49. The van der Waals surface area contributed by atoms with Crippen molar-refractivity contribution in [1.29, 1.82) is 0 Å². The predicted molar refractivity (Wildman–Crippen MR) is 45.3 cm³/mol. The van der Waals surface area contributed by atoms with Gasteiger partial charge >= 0.3 is 0 Å². The Labute approximate surface area is 68.7 Å². The quantitative estimate of drug-likeness (QED) is 0.642. The minimum absolute atomic E-state index is 1.03. The number of hydrogen-bond donors (Lipinski definition) is 0. The molecule has 0 spiro atoms. The van der Waals surface area contributed by atoms with Crippen molar-refractivity contribution in [1.82, 2.24) is 9.36 Å². The van der Waals surface area contributed by atoms with Crippen LogP contribution in [0.25, 0.3) is 11.3 Å². The average molecular weight is 162 g/mol. The topological polar surface area (TPSA) is 25.8 Å². The van der Waals surface area contributed by atoms with Gasteiger partial charge in [-0.15, -0.1) is 0 Å². The van der Waals surface area contributed by atoms with Crippen molar-refractivity contribution < 1.29 is 0 Å². The molecule has 0 fully saturated rings. The fraction of sp³-hybridized carbons (Fsp3) is 0. The van der Waals surface area contributed by atoms with Gasteiger partial charge in [0.2, 0.25) is 0 Å². The van der Waals surface area contributed by atoms with Crippen LogP contribution in [0.1, 0.15) is 0 Å². The van der Waals surface area contributed by atoms with E-state index in [-0.39, 0.29) is 0 Å². The van der Waals surface area contributed by atoms with Crippen LogP contribution in [0, 0.1) is 0 Å². The van der Waals surface area contributed by atoms with E-state index < -0.39 is 0 Å². The Hall–Kier alpha value is -1.22. The highest BCUT2D eigenvalue weighted by molar-refractivity contribution is 7.03. The highest BCUT2D eigenvalue weighted by Crippen LogP contribution is 2.16. The van der Waals surface area contributed by atoms with Gasteiger partial charge in [-0.2, -0.15) is 4.37 Å². The van der Waals surface area contributed by atoms with E-state index in [1.54, 1.807) is 12.4 Å². The number of nitrogens with zero attached hydrogens (tertiary/aromatic N) is 2. The van der Waals surface area contributed by atoms with Crippen molar-refractivity contribution >= 4 is 11.5 Å². The summed E-state index contributed by atoms with van der Waals surface area (Å²) >= 11 is 1.46. The second kappa shape index (κ2) is 2.80. The molecule has 0 unspecified atom stereocenters. The van der Waals surface area contributed by atoms with Crippen LogP contribution in [0.15, 0.2) is 36.0 Å². The first-order chi connectivity index (χ1) is 5.47. The normalized spacial score (nSPS) is 9.82. The van der Waals surface area contributed by atoms with Crippen molar-refractivity contribution in [3.63, 3.8) is 0 Å². The minimum Gasteiger partial charge on any atom is -0.265 e. The van der Waals surface area contributed by atoms with Crippen molar-refractivity contribution in [2.24, 2.45) is 0 Å². The van der Waals surface area contributed by atoms with E-state index in [1.165, 1.54) is 11.5 Å². The first-order valence-electron chi connectivity index (χ1n) is 3.27. The predicted octanol–water partition coefficient (Wildman–Crippen LogP) is 2.21. The standard InChI is InChI=1S/C8H6N2S/c1-4-9-5-2-7(1)8-3-6-11-10-8/h1-6H. The van der Waals surface area contributed by atoms with E-state index in [0.717, 1.165) is 11.3 Å². The molecule has 0 amide bonds. The molecule has 2 heterocycles. The number of aromatic nitrogens is 2. The van der Waals surface area contributed by atoms with Gasteiger partial charge in [0.15, 0.2) is 0 Å². The molecular formula is C8H6N2S. The van der Waals surface area contributed by atoms with Gasteiger partial charge < -0.3 is 0 Å². The summed E-state index contributed by atoms with van der Waals surface area (Å²) in [5, 5.41) is 1.97. The zero-order chi connectivity index (χ0) is 7.52. The van der Waals surface area contributed by atoms with E-state index in [4.69, 9.17) is 0 Å². The lowest BCUT2D eigenvalue weighted by Crippen LogP contribution is -1.75. The summed E-state index contributed by atoms with van der Waals surface area (Å²) in [4.78, 5) is 3.93. The molecular weight excluding hydrogens is 156 g/mol. The van der Waals surface area contributed by atoms with Gasteiger partial charge in [0, 0.05) is 23.3 Å². The van der Waals surface area contributed by atoms with Gasteiger partial charge in [0.25, 0.3) is 0 Å². The SMILES string of the molecule is c1cc(-c2ccsn2)ccn1. The number of rotatable bonds is 1. The second-order valence-electron chi connectivity index (χ2n) is 2.12. The van der Waals surface area contributed by atoms with Crippen LogP contribution in [-0.4, -0.2) is 9.36 Å².